The highest BCUT2D eigenvalue weighted by Gasteiger charge is 2.45. The lowest BCUT2D eigenvalue weighted by atomic mass is 10.2. The van der Waals surface area contributed by atoms with E-state index in [2.05, 4.69) is 19.2 Å². The fraction of sp³-hybridized carbons (Fsp3) is 0.636. The second-order valence-corrected chi connectivity index (χ2v) is 4.68. The Labute approximate surface area is 84.1 Å². The van der Waals surface area contributed by atoms with E-state index >= 15 is 0 Å². The van der Waals surface area contributed by atoms with Crippen LogP contribution in [0.3, 0.4) is 0 Å². The molecule has 1 heterocycles. The summed E-state index contributed by atoms with van der Waals surface area (Å²) in [6.07, 6.45) is 2.25. The molecule has 3 nitrogen and oxygen atoms in total. The van der Waals surface area contributed by atoms with E-state index in [9.17, 15) is 5.11 Å². The minimum Gasteiger partial charge on any atom is -0.467 e. The van der Waals surface area contributed by atoms with Gasteiger partial charge >= 0.3 is 0 Å². The Balaban J connectivity index is 1.77. The molecular weight excluding hydrogens is 178 g/mol. The molecule has 2 rings (SSSR count). The topological polar surface area (TPSA) is 45.4 Å². The van der Waals surface area contributed by atoms with Gasteiger partial charge in [0.15, 0.2) is 0 Å². The van der Waals surface area contributed by atoms with E-state index in [0.29, 0.717) is 23.8 Å². The van der Waals surface area contributed by atoms with Gasteiger partial charge in [0, 0.05) is 12.6 Å². The normalized spacial score (nSPS) is 26.1. The predicted octanol–water partition coefficient (Wildman–Crippen LogP) is 1.70. The number of hydrogen-bond donors (Lipinski definition) is 2. The van der Waals surface area contributed by atoms with Crippen LogP contribution in [-0.2, 0) is 0 Å². The summed E-state index contributed by atoms with van der Waals surface area (Å²) in [5, 5.41) is 13.0. The van der Waals surface area contributed by atoms with E-state index < -0.39 is 6.10 Å². The first-order valence-electron chi connectivity index (χ1n) is 5.04. The Hall–Kier alpha value is -0.800. The zero-order valence-electron chi connectivity index (χ0n) is 8.66. The van der Waals surface area contributed by atoms with Gasteiger partial charge in [0.2, 0.25) is 0 Å². The number of rotatable bonds is 4. The Morgan fingerprint density at radius 3 is 2.93 bits per heavy atom. The van der Waals surface area contributed by atoms with Crippen molar-refractivity contribution in [1.29, 1.82) is 0 Å². The lowest BCUT2D eigenvalue weighted by Crippen LogP contribution is -2.26. The van der Waals surface area contributed by atoms with Gasteiger partial charge < -0.3 is 14.8 Å². The molecule has 1 saturated carbocycles. The zero-order chi connectivity index (χ0) is 10.2. The maximum Gasteiger partial charge on any atom is 0.133 e. The number of nitrogens with one attached hydrogen (secondary N) is 1. The predicted molar refractivity (Wildman–Crippen MR) is 53.9 cm³/mol. The van der Waals surface area contributed by atoms with Crippen LogP contribution < -0.4 is 5.32 Å². The second-order valence-electron chi connectivity index (χ2n) is 4.68. The molecule has 0 radical (unpaired) electrons. The highest BCUT2D eigenvalue weighted by molar-refractivity contribution is 5.05. The Morgan fingerprint density at radius 1 is 1.71 bits per heavy atom. The van der Waals surface area contributed by atoms with Crippen molar-refractivity contribution in [2.45, 2.75) is 32.4 Å². The van der Waals surface area contributed by atoms with Gasteiger partial charge in [0.25, 0.3) is 0 Å². The smallest absolute Gasteiger partial charge is 0.133 e. The van der Waals surface area contributed by atoms with Crippen molar-refractivity contribution in [3.05, 3.63) is 24.2 Å². The molecule has 78 valence electrons. The summed E-state index contributed by atoms with van der Waals surface area (Å²) < 4.78 is 5.11. The first-order valence-corrected chi connectivity index (χ1v) is 5.04. The van der Waals surface area contributed by atoms with Gasteiger partial charge in [-0.3, -0.25) is 0 Å². The van der Waals surface area contributed by atoms with E-state index in [4.69, 9.17) is 4.42 Å². The average Bonchev–Trinajstić information content (AvgIpc) is 2.58. The molecule has 2 unspecified atom stereocenters. The third-order valence-corrected chi connectivity index (χ3v) is 2.94. The molecule has 1 aromatic heterocycles. The molecule has 0 spiro atoms. The summed E-state index contributed by atoms with van der Waals surface area (Å²) in [4.78, 5) is 0. The van der Waals surface area contributed by atoms with Crippen LogP contribution in [0.5, 0.6) is 0 Å². The molecule has 1 aliphatic rings. The molecule has 1 aliphatic carbocycles. The summed E-state index contributed by atoms with van der Waals surface area (Å²) in [5.74, 6) is 0.635. The largest absolute Gasteiger partial charge is 0.467 e. The van der Waals surface area contributed by atoms with Crippen molar-refractivity contribution in [3.8, 4) is 0 Å². The fourth-order valence-electron chi connectivity index (χ4n) is 1.65. The average molecular weight is 195 g/mol. The Kier molecular flexibility index (Phi) is 2.37. The summed E-state index contributed by atoms with van der Waals surface area (Å²) >= 11 is 0. The van der Waals surface area contributed by atoms with Gasteiger partial charge in [0.1, 0.15) is 11.9 Å². The van der Waals surface area contributed by atoms with Crippen molar-refractivity contribution in [1.82, 2.24) is 5.32 Å². The summed E-state index contributed by atoms with van der Waals surface area (Å²) in [7, 11) is 0. The quantitative estimate of drug-likeness (QED) is 0.768. The molecule has 0 aromatic carbocycles. The van der Waals surface area contributed by atoms with Gasteiger partial charge in [-0.1, -0.05) is 13.8 Å². The fourth-order valence-corrected chi connectivity index (χ4v) is 1.65. The molecule has 1 fully saturated rings. The Bertz CT molecular complexity index is 292. The molecular formula is C11H17NO2. The molecule has 1 aromatic rings. The molecule has 2 N–H and O–H groups in total. The molecule has 3 heteroatoms. The minimum atomic E-state index is -0.526. The van der Waals surface area contributed by atoms with E-state index in [0.717, 1.165) is 0 Å². The van der Waals surface area contributed by atoms with Crippen LogP contribution in [0.4, 0.5) is 0 Å². The molecule has 0 amide bonds. The molecule has 0 bridgehead atoms. The number of hydrogen-bond acceptors (Lipinski definition) is 3. The highest BCUT2D eigenvalue weighted by Crippen LogP contribution is 2.44. The van der Waals surface area contributed by atoms with Gasteiger partial charge in [-0.2, -0.15) is 0 Å². The van der Waals surface area contributed by atoms with Gasteiger partial charge in [0.05, 0.1) is 6.26 Å². The van der Waals surface area contributed by atoms with Gasteiger partial charge in [-0.15, -0.1) is 0 Å². The zero-order valence-corrected chi connectivity index (χ0v) is 8.66. The van der Waals surface area contributed by atoms with Crippen LogP contribution in [0.15, 0.2) is 22.8 Å². The number of aliphatic hydroxyl groups excluding tert-OH is 1. The summed E-state index contributed by atoms with van der Waals surface area (Å²) in [5.41, 5.74) is 0.406. The standard InChI is InChI=1S/C11H17NO2/c1-11(2)6-10(11)12-7-8(13)9-4-3-5-14-9/h3-5,8,10,12-13H,6-7H2,1-2H3. The van der Waals surface area contributed by atoms with Crippen LogP contribution in [0.1, 0.15) is 32.1 Å². The number of furan rings is 1. The van der Waals surface area contributed by atoms with Crippen molar-refractivity contribution in [2.75, 3.05) is 6.54 Å². The van der Waals surface area contributed by atoms with E-state index in [-0.39, 0.29) is 0 Å². The molecule has 14 heavy (non-hydrogen) atoms. The third-order valence-electron chi connectivity index (χ3n) is 2.94. The lowest BCUT2D eigenvalue weighted by molar-refractivity contribution is 0.146. The lowest BCUT2D eigenvalue weighted by Gasteiger charge is -2.10. The van der Waals surface area contributed by atoms with Crippen LogP contribution in [0, 0.1) is 5.41 Å². The maximum absolute atomic E-state index is 9.70. The van der Waals surface area contributed by atoms with Crippen molar-refractivity contribution in [3.63, 3.8) is 0 Å². The maximum atomic E-state index is 9.70. The van der Waals surface area contributed by atoms with Gasteiger partial charge in [-0.25, -0.2) is 0 Å². The monoisotopic (exact) mass is 195 g/mol. The van der Waals surface area contributed by atoms with E-state index in [1.54, 1.807) is 18.4 Å². The van der Waals surface area contributed by atoms with Crippen LogP contribution in [0.2, 0.25) is 0 Å². The molecule has 2 atom stereocenters. The minimum absolute atomic E-state index is 0.406. The summed E-state index contributed by atoms with van der Waals surface area (Å²) in [6.45, 7) is 5.02. The van der Waals surface area contributed by atoms with Crippen molar-refractivity contribution < 1.29 is 9.52 Å². The Morgan fingerprint density at radius 2 is 2.43 bits per heavy atom. The molecule has 0 saturated heterocycles. The highest BCUT2D eigenvalue weighted by atomic mass is 16.4. The van der Waals surface area contributed by atoms with E-state index in [1.165, 1.54) is 6.42 Å². The van der Waals surface area contributed by atoms with Crippen LogP contribution in [-0.4, -0.2) is 17.7 Å². The SMILES string of the molecule is CC1(C)CC1NCC(O)c1ccco1. The first-order chi connectivity index (χ1) is 6.59. The second kappa shape index (κ2) is 3.41. The van der Waals surface area contributed by atoms with Crippen molar-refractivity contribution in [2.24, 2.45) is 5.41 Å². The summed E-state index contributed by atoms with van der Waals surface area (Å²) in [6, 6.07) is 4.14. The van der Waals surface area contributed by atoms with Crippen LogP contribution in [0.25, 0.3) is 0 Å². The first kappa shape index (κ1) is 9.74. The molecule has 0 aliphatic heterocycles. The van der Waals surface area contributed by atoms with E-state index in [1.807, 2.05) is 0 Å². The number of aliphatic hydroxyl groups is 1. The third kappa shape index (κ3) is 1.99. The van der Waals surface area contributed by atoms with Crippen LogP contribution >= 0.6 is 0 Å². The van der Waals surface area contributed by atoms with Crippen molar-refractivity contribution >= 4 is 0 Å². The van der Waals surface area contributed by atoms with Gasteiger partial charge in [-0.05, 0) is 24.0 Å².